The van der Waals surface area contributed by atoms with E-state index in [-0.39, 0.29) is 25.4 Å². The second kappa shape index (κ2) is 9.46. The number of halogens is 3. The molecular weight excluding hydrogens is 449 g/mol. The van der Waals surface area contributed by atoms with Crippen molar-refractivity contribution in [3.05, 3.63) is 65.7 Å². The molecule has 34 heavy (non-hydrogen) atoms. The minimum absolute atomic E-state index is 0.0186. The predicted octanol–water partition coefficient (Wildman–Crippen LogP) is 2.44. The molecule has 0 aliphatic carbocycles. The third-order valence-corrected chi connectivity index (χ3v) is 6.27. The van der Waals surface area contributed by atoms with Crippen molar-refractivity contribution in [2.24, 2.45) is 0 Å². The topological polar surface area (TPSA) is 73.0 Å². The number of likely N-dealkylation sites (N-methyl/N-ethyl adjacent to an activating group) is 1. The van der Waals surface area contributed by atoms with Gasteiger partial charge in [-0.2, -0.15) is 13.2 Å². The number of hydrogen-bond acceptors (Lipinski definition) is 5. The molecule has 2 unspecified atom stereocenters. The molecule has 2 heterocycles. The molecule has 7 nitrogen and oxygen atoms in total. The third kappa shape index (κ3) is 4.63. The number of rotatable bonds is 5. The van der Waals surface area contributed by atoms with Crippen molar-refractivity contribution >= 4 is 23.4 Å². The first-order valence-electron chi connectivity index (χ1n) is 11.0. The standard InChI is InChI=1S/C24H25F3N4O3/c1-28-19-15-20(32)31(22(19)33)21(16-6-3-2-4-7-16)23(34)30-12-10-29(11-13-30)18-9-5-8-17(14-18)24(25,26)27/h2-9,14,19,21,28H,10-13,15H2,1H3. The zero-order chi connectivity index (χ0) is 24.5. The van der Waals surface area contributed by atoms with Crippen LogP contribution in [0.4, 0.5) is 18.9 Å². The molecule has 2 aliphatic heterocycles. The van der Waals surface area contributed by atoms with Gasteiger partial charge in [0, 0.05) is 31.9 Å². The number of anilines is 1. The highest BCUT2D eigenvalue weighted by Gasteiger charge is 2.46. The molecular formula is C24H25F3N4O3. The maximum absolute atomic E-state index is 13.6. The lowest BCUT2D eigenvalue weighted by Crippen LogP contribution is -2.53. The van der Waals surface area contributed by atoms with Gasteiger partial charge in [0.25, 0.3) is 5.91 Å². The van der Waals surface area contributed by atoms with Crippen LogP contribution in [0.25, 0.3) is 0 Å². The van der Waals surface area contributed by atoms with Crippen molar-refractivity contribution in [1.29, 1.82) is 0 Å². The number of imide groups is 1. The van der Waals surface area contributed by atoms with Gasteiger partial charge in [0.05, 0.1) is 18.0 Å². The lowest BCUT2D eigenvalue weighted by atomic mass is 10.0. The number of carbonyl (C=O) groups is 3. The lowest BCUT2D eigenvalue weighted by molar-refractivity contribution is -0.151. The molecule has 0 bridgehead atoms. The van der Waals surface area contributed by atoms with Gasteiger partial charge >= 0.3 is 6.18 Å². The van der Waals surface area contributed by atoms with Gasteiger partial charge in [0.15, 0.2) is 0 Å². The van der Waals surface area contributed by atoms with E-state index < -0.39 is 35.6 Å². The molecule has 2 atom stereocenters. The van der Waals surface area contributed by atoms with Gasteiger partial charge in [-0.25, -0.2) is 0 Å². The first kappa shape index (κ1) is 23.7. The molecule has 2 aliphatic rings. The smallest absolute Gasteiger partial charge is 0.368 e. The van der Waals surface area contributed by atoms with E-state index in [9.17, 15) is 27.6 Å². The molecule has 10 heteroatoms. The van der Waals surface area contributed by atoms with Gasteiger partial charge < -0.3 is 15.1 Å². The second-order valence-corrected chi connectivity index (χ2v) is 8.32. The van der Waals surface area contributed by atoms with E-state index >= 15 is 0 Å². The number of nitrogens with zero attached hydrogens (tertiary/aromatic N) is 3. The minimum Gasteiger partial charge on any atom is -0.368 e. The SMILES string of the molecule is CNC1CC(=O)N(C(C(=O)N2CCN(c3cccc(C(F)(F)F)c3)CC2)c2ccccc2)C1=O. The summed E-state index contributed by atoms with van der Waals surface area (Å²) in [6.45, 7) is 1.17. The molecule has 2 saturated heterocycles. The Morgan fingerprint density at radius 2 is 1.68 bits per heavy atom. The fraction of sp³-hybridized carbons (Fsp3) is 0.375. The van der Waals surface area contributed by atoms with Crippen LogP contribution < -0.4 is 10.2 Å². The van der Waals surface area contributed by atoms with Gasteiger partial charge in [0.1, 0.15) is 6.04 Å². The van der Waals surface area contributed by atoms with Crippen molar-refractivity contribution < 1.29 is 27.6 Å². The van der Waals surface area contributed by atoms with Crippen molar-refractivity contribution in [3.8, 4) is 0 Å². The number of carbonyl (C=O) groups excluding carboxylic acids is 3. The number of amides is 3. The monoisotopic (exact) mass is 474 g/mol. The lowest BCUT2D eigenvalue weighted by Gasteiger charge is -2.39. The molecule has 2 aromatic carbocycles. The van der Waals surface area contributed by atoms with Crippen LogP contribution >= 0.6 is 0 Å². The van der Waals surface area contributed by atoms with E-state index in [0.717, 1.165) is 17.0 Å². The molecule has 4 rings (SSSR count). The molecule has 0 aromatic heterocycles. The molecule has 0 radical (unpaired) electrons. The fourth-order valence-corrected chi connectivity index (χ4v) is 4.42. The summed E-state index contributed by atoms with van der Waals surface area (Å²) in [7, 11) is 1.59. The van der Waals surface area contributed by atoms with Crippen LogP contribution in [0.3, 0.4) is 0 Å². The van der Waals surface area contributed by atoms with Crippen molar-refractivity contribution in [2.75, 3.05) is 38.1 Å². The Morgan fingerprint density at radius 1 is 1.00 bits per heavy atom. The summed E-state index contributed by atoms with van der Waals surface area (Å²) in [5.41, 5.74) is 0.243. The summed E-state index contributed by atoms with van der Waals surface area (Å²) >= 11 is 0. The summed E-state index contributed by atoms with van der Waals surface area (Å²) in [4.78, 5) is 43.6. The quantitative estimate of drug-likeness (QED) is 0.674. The van der Waals surface area contributed by atoms with E-state index in [1.165, 1.54) is 6.07 Å². The van der Waals surface area contributed by atoms with Crippen LogP contribution in [0.2, 0.25) is 0 Å². The zero-order valence-corrected chi connectivity index (χ0v) is 18.6. The Bertz CT molecular complexity index is 1070. The predicted molar refractivity (Wildman–Crippen MR) is 119 cm³/mol. The van der Waals surface area contributed by atoms with Crippen LogP contribution in [-0.4, -0.2) is 66.8 Å². The Hall–Kier alpha value is -3.40. The fourth-order valence-electron chi connectivity index (χ4n) is 4.42. The summed E-state index contributed by atoms with van der Waals surface area (Å²) < 4.78 is 39.2. The molecule has 0 spiro atoms. The Labute approximate surface area is 195 Å². The molecule has 1 N–H and O–H groups in total. The van der Waals surface area contributed by atoms with Crippen molar-refractivity contribution in [1.82, 2.24) is 15.1 Å². The number of benzene rings is 2. The highest BCUT2D eigenvalue weighted by Crippen LogP contribution is 2.33. The maximum atomic E-state index is 13.6. The molecule has 2 aromatic rings. The van der Waals surface area contributed by atoms with Gasteiger partial charge in [-0.05, 0) is 30.8 Å². The number of likely N-dealkylation sites (tertiary alicyclic amines) is 1. The van der Waals surface area contributed by atoms with Crippen LogP contribution in [0, 0.1) is 0 Å². The van der Waals surface area contributed by atoms with Crippen LogP contribution in [-0.2, 0) is 20.6 Å². The molecule has 3 amide bonds. The third-order valence-electron chi connectivity index (χ3n) is 6.27. The maximum Gasteiger partial charge on any atom is 0.416 e. The second-order valence-electron chi connectivity index (χ2n) is 8.32. The van der Waals surface area contributed by atoms with E-state index in [2.05, 4.69) is 5.32 Å². The number of piperazine rings is 1. The summed E-state index contributed by atoms with van der Waals surface area (Å²) in [5, 5.41) is 2.81. The van der Waals surface area contributed by atoms with E-state index in [1.807, 2.05) is 0 Å². The molecule has 180 valence electrons. The number of hydrogen-bond donors (Lipinski definition) is 1. The van der Waals surface area contributed by atoms with Crippen molar-refractivity contribution in [3.63, 3.8) is 0 Å². The van der Waals surface area contributed by atoms with Crippen LogP contribution in [0.15, 0.2) is 54.6 Å². The Morgan fingerprint density at radius 3 is 2.26 bits per heavy atom. The minimum atomic E-state index is -4.43. The Kier molecular flexibility index (Phi) is 6.60. The van der Waals surface area contributed by atoms with Gasteiger partial charge in [-0.1, -0.05) is 36.4 Å². The summed E-state index contributed by atoms with van der Waals surface area (Å²) in [6.07, 6.45) is -4.45. The largest absolute Gasteiger partial charge is 0.416 e. The van der Waals surface area contributed by atoms with Crippen LogP contribution in [0.1, 0.15) is 23.6 Å². The first-order chi connectivity index (χ1) is 16.2. The van der Waals surface area contributed by atoms with Gasteiger partial charge in [-0.15, -0.1) is 0 Å². The van der Waals surface area contributed by atoms with E-state index in [4.69, 9.17) is 0 Å². The average molecular weight is 474 g/mol. The van der Waals surface area contributed by atoms with Crippen LogP contribution in [0.5, 0.6) is 0 Å². The normalized spacial score (nSPS) is 20.1. The van der Waals surface area contributed by atoms with Gasteiger partial charge in [-0.3, -0.25) is 19.3 Å². The average Bonchev–Trinajstić information content (AvgIpc) is 3.13. The van der Waals surface area contributed by atoms with Crippen molar-refractivity contribution in [2.45, 2.75) is 24.7 Å². The summed E-state index contributed by atoms with van der Waals surface area (Å²) in [6, 6.07) is 12.0. The molecule has 0 saturated carbocycles. The number of alkyl halides is 3. The molecule has 2 fully saturated rings. The van der Waals surface area contributed by atoms with E-state index in [1.54, 1.807) is 53.2 Å². The van der Waals surface area contributed by atoms with Gasteiger partial charge in [0.2, 0.25) is 11.8 Å². The summed E-state index contributed by atoms with van der Waals surface area (Å²) in [5.74, 6) is -1.25. The Balaban J connectivity index is 1.53. The highest BCUT2D eigenvalue weighted by molar-refractivity contribution is 6.08. The first-order valence-corrected chi connectivity index (χ1v) is 11.0. The zero-order valence-electron chi connectivity index (χ0n) is 18.6. The highest BCUT2D eigenvalue weighted by atomic mass is 19.4. The van der Waals surface area contributed by atoms with E-state index in [0.29, 0.717) is 24.3 Å². The number of nitrogens with one attached hydrogen (secondary N) is 1.